The number of hydrogen-bond acceptors (Lipinski definition) is 6. The molecule has 4 rings (SSSR count). The lowest BCUT2D eigenvalue weighted by Gasteiger charge is -2.33. The van der Waals surface area contributed by atoms with Gasteiger partial charge in [0.15, 0.2) is 9.84 Å². The van der Waals surface area contributed by atoms with Gasteiger partial charge in [-0.15, -0.1) is 0 Å². The van der Waals surface area contributed by atoms with Crippen LogP contribution in [0.5, 0.6) is 0 Å². The first-order valence-corrected chi connectivity index (χ1v) is 13.3. The van der Waals surface area contributed by atoms with E-state index in [4.69, 9.17) is 4.74 Å². The van der Waals surface area contributed by atoms with Gasteiger partial charge in [-0.05, 0) is 48.2 Å². The van der Waals surface area contributed by atoms with E-state index in [1.54, 1.807) is 0 Å². The van der Waals surface area contributed by atoms with E-state index < -0.39 is 68.3 Å². The molecule has 40 heavy (non-hydrogen) atoms. The Bertz CT molecular complexity index is 1470. The molecular formula is C24H21F7N2O6S. The van der Waals surface area contributed by atoms with Gasteiger partial charge in [0.25, 0.3) is 17.4 Å². The normalized spacial score (nSPS) is 18.9. The summed E-state index contributed by atoms with van der Waals surface area (Å²) in [7, 11) is -2.37. The molecule has 1 fully saturated rings. The second-order valence-electron chi connectivity index (χ2n) is 9.56. The van der Waals surface area contributed by atoms with Crippen LogP contribution < -0.4 is 5.32 Å². The maximum atomic E-state index is 14.6. The number of carbonyl (C=O) groups is 2. The number of alkyl halides is 6. The van der Waals surface area contributed by atoms with Gasteiger partial charge in [0, 0.05) is 31.2 Å². The first-order valence-electron chi connectivity index (χ1n) is 11.4. The maximum Gasteiger partial charge on any atom is 0.430 e. The highest BCUT2D eigenvalue weighted by atomic mass is 32.2. The number of halogens is 7. The van der Waals surface area contributed by atoms with Crippen LogP contribution in [-0.2, 0) is 36.3 Å². The van der Waals surface area contributed by atoms with Crippen molar-refractivity contribution in [3.8, 4) is 0 Å². The predicted octanol–water partition coefficient (Wildman–Crippen LogP) is 3.74. The van der Waals surface area contributed by atoms with Gasteiger partial charge in [-0.25, -0.2) is 12.8 Å². The van der Waals surface area contributed by atoms with Gasteiger partial charge in [-0.3, -0.25) is 9.59 Å². The number of methoxy groups -OCH3 is 1. The molecule has 1 aliphatic heterocycles. The second kappa shape index (κ2) is 9.41. The molecule has 2 aromatic carbocycles. The molecule has 1 heterocycles. The Balaban J connectivity index is 1.70. The molecule has 1 atom stereocenters. The number of carbonyl (C=O) groups excluding carboxylic acids is 2. The van der Waals surface area contributed by atoms with Crippen LogP contribution in [0.1, 0.15) is 35.6 Å². The lowest BCUT2D eigenvalue weighted by molar-refractivity contribution is -0.377. The Morgan fingerprint density at radius 2 is 1.65 bits per heavy atom. The zero-order valence-electron chi connectivity index (χ0n) is 20.7. The summed E-state index contributed by atoms with van der Waals surface area (Å²) in [6, 6.07) is 3.09. The number of amides is 2. The number of nitrogens with one attached hydrogen (secondary N) is 1. The van der Waals surface area contributed by atoms with Gasteiger partial charge >= 0.3 is 12.4 Å². The molecule has 1 unspecified atom stereocenters. The van der Waals surface area contributed by atoms with E-state index in [0.717, 1.165) is 11.2 Å². The smallest absolute Gasteiger partial charge is 0.369 e. The Morgan fingerprint density at radius 1 is 1.05 bits per heavy atom. The highest BCUT2D eigenvalue weighted by Gasteiger charge is 2.72. The fraction of sp³-hybridized carbons (Fsp3) is 0.417. The molecule has 2 N–H and O–H groups in total. The number of sulfone groups is 1. The molecule has 2 aliphatic rings. The topological polar surface area (TPSA) is 113 Å². The van der Waals surface area contributed by atoms with Crippen molar-refractivity contribution in [3.05, 3.63) is 58.9 Å². The van der Waals surface area contributed by atoms with Crippen molar-refractivity contribution in [2.45, 2.75) is 53.9 Å². The van der Waals surface area contributed by atoms with Crippen molar-refractivity contribution < 1.29 is 58.6 Å². The first-order chi connectivity index (χ1) is 18.3. The van der Waals surface area contributed by atoms with E-state index in [1.165, 1.54) is 25.3 Å². The van der Waals surface area contributed by atoms with Gasteiger partial charge in [0.1, 0.15) is 17.5 Å². The van der Waals surface area contributed by atoms with Crippen molar-refractivity contribution >= 4 is 27.3 Å². The SMILES string of the molecule is COC1(C(=O)N2Cc3cc(S(C)(=O)=O)ccc3C2C(=O)Nc2ccc(C(O)(C(F)(F)F)C(F)(F)F)c(F)c2)CC1. The van der Waals surface area contributed by atoms with E-state index >= 15 is 0 Å². The zero-order valence-corrected chi connectivity index (χ0v) is 21.5. The number of benzene rings is 2. The molecule has 0 bridgehead atoms. The lowest BCUT2D eigenvalue weighted by Crippen LogP contribution is -2.54. The Hall–Kier alpha value is -3.24. The molecule has 0 saturated heterocycles. The van der Waals surface area contributed by atoms with Crippen LogP contribution in [0.4, 0.5) is 36.4 Å². The first kappa shape index (κ1) is 29.7. The van der Waals surface area contributed by atoms with Crippen LogP contribution in [0.15, 0.2) is 41.3 Å². The molecule has 1 saturated carbocycles. The predicted molar refractivity (Wildman–Crippen MR) is 123 cm³/mol. The Labute approximate surface area is 222 Å². The van der Waals surface area contributed by atoms with Gasteiger partial charge in [-0.2, -0.15) is 26.3 Å². The summed E-state index contributed by atoms with van der Waals surface area (Å²) in [5.74, 6) is -3.72. The van der Waals surface area contributed by atoms with Crippen LogP contribution in [0.25, 0.3) is 0 Å². The lowest BCUT2D eigenvalue weighted by atomic mass is 9.91. The fourth-order valence-electron chi connectivity index (χ4n) is 4.57. The third-order valence-electron chi connectivity index (χ3n) is 6.93. The number of rotatable bonds is 6. The van der Waals surface area contributed by atoms with Crippen LogP contribution in [-0.4, -0.2) is 61.6 Å². The number of aliphatic hydroxyl groups is 1. The fourth-order valence-corrected chi connectivity index (χ4v) is 5.25. The second-order valence-corrected chi connectivity index (χ2v) is 11.6. The number of fused-ring (bicyclic) bond motifs is 1. The molecule has 8 nitrogen and oxygen atoms in total. The minimum atomic E-state index is -6.32. The molecule has 0 radical (unpaired) electrons. The number of ether oxygens (including phenoxy) is 1. The van der Waals surface area contributed by atoms with E-state index in [1.807, 2.05) is 0 Å². The Kier molecular flexibility index (Phi) is 7.00. The quantitative estimate of drug-likeness (QED) is 0.490. The third kappa shape index (κ3) is 4.81. The summed E-state index contributed by atoms with van der Waals surface area (Å²) in [5.41, 5.74) is -8.93. The average molecular weight is 598 g/mol. The molecule has 16 heteroatoms. The van der Waals surface area contributed by atoms with Crippen LogP contribution in [0.3, 0.4) is 0 Å². The zero-order chi connectivity index (χ0) is 30.1. The summed E-state index contributed by atoms with van der Waals surface area (Å²) in [6.45, 7) is -0.210. The summed E-state index contributed by atoms with van der Waals surface area (Å²) in [6.07, 6.45) is -11.0. The van der Waals surface area contributed by atoms with Gasteiger partial charge < -0.3 is 20.1 Å². The van der Waals surface area contributed by atoms with Gasteiger partial charge in [0.05, 0.1) is 4.90 Å². The highest BCUT2D eigenvalue weighted by molar-refractivity contribution is 7.90. The van der Waals surface area contributed by atoms with Crippen LogP contribution >= 0.6 is 0 Å². The van der Waals surface area contributed by atoms with E-state index in [-0.39, 0.29) is 29.1 Å². The Morgan fingerprint density at radius 3 is 2.12 bits per heavy atom. The molecule has 0 spiro atoms. The minimum Gasteiger partial charge on any atom is -0.369 e. The number of nitrogens with zero attached hydrogens (tertiary/aromatic N) is 1. The third-order valence-corrected chi connectivity index (χ3v) is 8.04. The monoisotopic (exact) mass is 598 g/mol. The van der Waals surface area contributed by atoms with E-state index in [2.05, 4.69) is 5.32 Å². The molecule has 1 aliphatic carbocycles. The van der Waals surface area contributed by atoms with Crippen LogP contribution in [0, 0.1) is 5.82 Å². The van der Waals surface area contributed by atoms with Gasteiger partial charge in [-0.1, -0.05) is 12.1 Å². The molecule has 2 amide bonds. The number of anilines is 1. The van der Waals surface area contributed by atoms with Crippen molar-refractivity contribution in [1.29, 1.82) is 0 Å². The van der Waals surface area contributed by atoms with E-state index in [9.17, 15) is 53.8 Å². The average Bonchev–Trinajstić information content (AvgIpc) is 3.54. The standard InChI is InChI=1S/C24H21F7N2O6S/c1-39-21(7-8-21)20(35)33-11-12-9-14(40(2,37)38)4-5-15(12)18(33)19(34)32-13-3-6-16(17(25)10-13)22(36,23(26,27)28)24(29,30)31/h3-6,9-10,18,36H,7-8,11H2,1-2H3,(H,32,34). The van der Waals surface area contributed by atoms with Gasteiger partial charge in [0.2, 0.25) is 0 Å². The largest absolute Gasteiger partial charge is 0.430 e. The molecular weight excluding hydrogens is 577 g/mol. The summed E-state index contributed by atoms with van der Waals surface area (Å²) < 4.78 is 123. The number of hydrogen-bond donors (Lipinski definition) is 2. The molecule has 0 aromatic heterocycles. The maximum absolute atomic E-state index is 14.6. The molecule has 2 aromatic rings. The highest BCUT2D eigenvalue weighted by Crippen LogP contribution is 2.51. The van der Waals surface area contributed by atoms with Crippen molar-refractivity contribution in [2.75, 3.05) is 18.7 Å². The molecule has 218 valence electrons. The minimum absolute atomic E-state index is 0.0416. The van der Waals surface area contributed by atoms with Crippen molar-refractivity contribution in [2.24, 2.45) is 0 Å². The van der Waals surface area contributed by atoms with E-state index in [0.29, 0.717) is 24.5 Å². The van der Waals surface area contributed by atoms with Crippen molar-refractivity contribution in [1.82, 2.24) is 4.90 Å². The summed E-state index contributed by atoms with van der Waals surface area (Å²) in [4.78, 5) is 27.6. The van der Waals surface area contributed by atoms with Crippen molar-refractivity contribution in [3.63, 3.8) is 0 Å². The van der Waals surface area contributed by atoms with Crippen LogP contribution in [0.2, 0.25) is 0 Å². The summed E-state index contributed by atoms with van der Waals surface area (Å²) in [5, 5.41) is 11.7. The summed E-state index contributed by atoms with van der Waals surface area (Å²) >= 11 is 0.